The first-order valence-corrected chi connectivity index (χ1v) is 8.20. The lowest BCUT2D eigenvalue weighted by Gasteiger charge is -2.22. The van der Waals surface area contributed by atoms with Gasteiger partial charge in [0.15, 0.2) is 5.69 Å². The van der Waals surface area contributed by atoms with Crippen molar-refractivity contribution in [3.8, 4) is 11.5 Å². The van der Waals surface area contributed by atoms with E-state index in [0.717, 1.165) is 11.5 Å². The van der Waals surface area contributed by atoms with E-state index in [9.17, 15) is 4.79 Å². The quantitative estimate of drug-likeness (QED) is 0.702. The first-order chi connectivity index (χ1) is 12.6. The fourth-order valence-electron chi connectivity index (χ4n) is 2.47. The van der Waals surface area contributed by atoms with E-state index in [-0.39, 0.29) is 18.6 Å². The molecule has 1 aromatic carbocycles. The predicted molar refractivity (Wildman–Crippen MR) is 95.1 cm³/mol. The largest absolute Gasteiger partial charge is 0.497 e. The Hall–Kier alpha value is -3.22. The molecule has 7 nitrogen and oxygen atoms in total. The highest BCUT2D eigenvalue weighted by Crippen LogP contribution is 2.22. The molecule has 2 aromatic heterocycles. The standard InChI is InChI=1S/C19H21N3O4/c1-13(18-8-5-9-25-18)22(2)19(23)17-10-14(20-21-17)12-26-16-7-4-6-15(11-16)24-3/h4-11,13H,12H2,1-3H3,(H,20,21)/t13-/m1/s1. The maximum atomic E-state index is 12.6. The van der Waals surface area contributed by atoms with Crippen LogP contribution in [0.15, 0.2) is 53.1 Å². The molecule has 0 aliphatic heterocycles. The molecule has 0 fully saturated rings. The highest BCUT2D eigenvalue weighted by atomic mass is 16.5. The monoisotopic (exact) mass is 355 g/mol. The third-order valence-electron chi connectivity index (χ3n) is 4.14. The molecule has 0 aliphatic carbocycles. The van der Waals surface area contributed by atoms with Crippen molar-refractivity contribution in [2.45, 2.75) is 19.6 Å². The summed E-state index contributed by atoms with van der Waals surface area (Å²) in [4.78, 5) is 14.2. The van der Waals surface area contributed by atoms with Crippen LogP contribution in [0.25, 0.3) is 0 Å². The van der Waals surface area contributed by atoms with Gasteiger partial charge in [0, 0.05) is 13.1 Å². The minimum absolute atomic E-state index is 0.189. The number of aromatic nitrogens is 2. The number of rotatable bonds is 7. The molecule has 1 N–H and O–H groups in total. The minimum atomic E-state index is -0.196. The topological polar surface area (TPSA) is 80.6 Å². The molecule has 1 amide bonds. The van der Waals surface area contributed by atoms with Crippen LogP contribution in [0.3, 0.4) is 0 Å². The van der Waals surface area contributed by atoms with Crippen LogP contribution in [-0.2, 0) is 6.61 Å². The van der Waals surface area contributed by atoms with Crippen molar-refractivity contribution < 1.29 is 18.7 Å². The summed E-state index contributed by atoms with van der Waals surface area (Å²) in [5, 5.41) is 6.93. The summed E-state index contributed by atoms with van der Waals surface area (Å²) in [5.41, 5.74) is 1.03. The number of aromatic amines is 1. The first kappa shape index (κ1) is 17.6. The van der Waals surface area contributed by atoms with Crippen molar-refractivity contribution >= 4 is 5.91 Å². The molecule has 0 radical (unpaired) electrons. The highest BCUT2D eigenvalue weighted by Gasteiger charge is 2.22. The molecule has 0 bridgehead atoms. The zero-order valence-electron chi connectivity index (χ0n) is 14.9. The molecule has 3 aromatic rings. The fraction of sp³-hybridized carbons (Fsp3) is 0.263. The molecule has 26 heavy (non-hydrogen) atoms. The normalized spacial score (nSPS) is 11.8. The Morgan fingerprint density at radius 1 is 1.27 bits per heavy atom. The van der Waals surface area contributed by atoms with E-state index in [0.29, 0.717) is 17.1 Å². The Kier molecular flexibility index (Phi) is 5.26. The van der Waals surface area contributed by atoms with E-state index in [1.807, 2.05) is 31.2 Å². The second-order valence-corrected chi connectivity index (χ2v) is 5.85. The Balaban J connectivity index is 1.62. The molecule has 0 unspecified atom stereocenters. The number of hydrogen-bond acceptors (Lipinski definition) is 5. The van der Waals surface area contributed by atoms with E-state index in [1.165, 1.54) is 0 Å². The summed E-state index contributed by atoms with van der Waals surface area (Å²) in [6.45, 7) is 2.17. The number of carbonyl (C=O) groups is 1. The minimum Gasteiger partial charge on any atom is -0.497 e. The zero-order chi connectivity index (χ0) is 18.5. The zero-order valence-corrected chi connectivity index (χ0v) is 14.9. The molecule has 0 spiro atoms. The average molecular weight is 355 g/mol. The maximum Gasteiger partial charge on any atom is 0.274 e. The number of H-pyrrole nitrogens is 1. The van der Waals surface area contributed by atoms with E-state index >= 15 is 0 Å². The summed E-state index contributed by atoms with van der Waals surface area (Å²) in [6.07, 6.45) is 1.59. The summed E-state index contributed by atoms with van der Waals surface area (Å²) < 4.78 is 16.2. The lowest BCUT2D eigenvalue weighted by atomic mass is 10.2. The van der Waals surface area contributed by atoms with E-state index in [2.05, 4.69) is 10.2 Å². The number of nitrogens with zero attached hydrogens (tertiary/aromatic N) is 2. The second-order valence-electron chi connectivity index (χ2n) is 5.85. The van der Waals surface area contributed by atoms with Gasteiger partial charge in [-0.15, -0.1) is 0 Å². The van der Waals surface area contributed by atoms with Crippen molar-refractivity contribution in [2.75, 3.05) is 14.2 Å². The van der Waals surface area contributed by atoms with Gasteiger partial charge in [0.1, 0.15) is 23.9 Å². The molecular weight excluding hydrogens is 334 g/mol. The first-order valence-electron chi connectivity index (χ1n) is 8.20. The average Bonchev–Trinajstić information content (AvgIpc) is 3.36. The SMILES string of the molecule is COc1cccc(OCc2cc(C(=O)N(C)[C@H](C)c3ccco3)n[nH]2)c1. The number of nitrogens with one attached hydrogen (secondary N) is 1. The molecule has 7 heteroatoms. The molecule has 1 atom stereocenters. The van der Waals surface area contributed by atoms with E-state index in [1.54, 1.807) is 43.5 Å². The molecule has 2 heterocycles. The highest BCUT2D eigenvalue weighted by molar-refractivity contribution is 5.92. The molecule has 0 saturated heterocycles. The molecule has 136 valence electrons. The van der Waals surface area contributed by atoms with Crippen LogP contribution >= 0.6 is 0 Å². The van der Waals surface area contributed by atoms with Crippen LogP contribution < -0.4 is 9.47 Å². The molecular formula is C19H21N3O4. The van der Waals surface area contributed by atoms with Gasteiger partial charge < -0.3 is 18.8 Å². The Morgan fingerprint density at radius 2 is 2.08 bits per heavy atom. The third kappa shape index (κ3) is 3.88. The second kappa shape index (κ2) is 7.77. The number of ether oxygens (including phenoxy) is 2. The Morgan fingerprint density at radius 3 is 2.81 bits per heavy atom. The predicted octanol–water partition coefficient (Wildman–Crippen LogP) is 3.42. The van der Waals surface area contributed by atoms with Crippen LogP contribution in [0.4, 0.5) is 0 Å². The van der Waals surface area contributed by atoms with Gasteiger partial charge in [-0.3, -0.25) is 9.89 Å². The van der Waals surface area contributed by atoms with Gasteiger partial charge in [0.05, 0.1) is 25.1 Å². The summed E-state index contributed by atoms with van der Waals surface area (Å²) in [7, 11) is 3.32. The van der Waals surface area contributed by atoms with Crippen LogP contribution in [-0.4, -0.2) is 35.2 Å². The summed E-state index contributed by atoms with van der Waals surface area (Å²) >= 11 is 0. The van der Waals surface area contributed by atoms with Crippen LogP contribution in [0.5, 0.6) is 11.5 Å². The smallest absolute Gasteiger partial charge is 0.274 e. The fourth-order valence-corrected chi connectivity index (χ4v) is 2.47. The van der Waals surface area contributed by atoms with Crippen molar-refractivity contribution in [1.29, 1.82) is 0 Å². The van der Waals surface area contributed by atoms with Gasteiger partial charge in [-0.1, -0.05) is 6.07 Å². The van der Waals surface area contributed by atoms with E-state index < -0.39 is 0 Å². The van der Waals surface area contributed by atoms with Crippen molar-refractivity contribution in [3.63, 3.8) is 0 Å². The molecule has 0 aliphatic rings. The summed E-state index contributed by atoms with van der Waals surface area (Å²) in [5.74, 6) is 1.92. The Labute approximate surface area is 151 Å². The lowest BCUT2D eigenvalue weighted by molar-refractivity contribution is 0.0720. The van der Waals surface area contributed by atoms with Gasteiger partial charge in [-0.25, -0.2) is 0 Å². The summed E-state index contributed by atoms with van der Waals surface area (Å²) in [6, 6.07) is 12.5. The lowest BCUT2D eigenvalue weighted by Crippen LogP contribution is -2.29. The third-order valence-corrected chi connectivity index (χ3v) is 4.14. The number of carbonyl (C=O) groups excluding carboxylic acids is 1. The van der Waals surface area contributed by atoms with Gasteiger partial charge in [0.2, 0.25) is 0 Å². The van der Waals surface area contributed by atoms with Crippen molar-refractivity contribution in [2.24, 2.45) is 0 Å². The van der Waals surface area contributed by atoms with Crippen LogP contribution in [0.1, 0.15) is 34.9 Å². The number of hydrogen-bond donors (Lipinski definition) is 1. The van der Waals surface area contributed by atoms with Gasteiger partial charge in [-0.2, -0.15) is 5.10 Å². The van der Waals surface area contributed by atoms with E-state index in [4.69, 9.17) is 13.9 Å². The number of benzene rings is 1. The maximum absolute atomic E-state index is 12.6. The van der Waals surface area contributed by atoms with Crippen molar-refractivity contribution in [3.05, 3.63) is 65.9 Å². The van der Waals surface area contributed by atoms with Crippen molar-refractivity contribution in [1.82, 2.24) is 15.1 Å². The molecule has 3 rings (SSSR count). The van der Waals surface area contributed by atoms with Gasteiger partial charge in [0.25, 0.3) is 5.91 Å². The van der Waals surface area contributed by atoms with Crippen LogP contribution in [0.2, 0.25) is 0 Å². The van der Waals surface area contributed by atoms with Gasteiger partial charge >= 0.3 is 0 Å². The number of furan rings is 1. The number of methoxy groups -OCH3 is 1. The number of amides is 1. The van der Waals surface area contributed by atoms with Crippen LogP contribution in [0, 0.1) is 0 Å². The Bertz CT molecular complexity index is 857. The molecule has 0 saturated carbocycles. The van der Waals surface area contributed by atoms with Gasteiger partial charge in [-0.05, 0) is 37.3 Å².